The van der Waals surface area contributed by atoms with Crippen LogP contribution in [0.25, 0.3) is 5.69 Å². The van der Waals surface area contributed by atoms with Crippen molar-refractivity contribution in [3.8, 4) is 5.69 Å². The standard InChI is InChI=1S/C15H20ClN3/c1-11-8-9-19(18-11)14-12(6-5-7-13(14)16)10-17-15(2,3)4/h5-9,17H,10H2,1-4H3. The minimum absolute atomic E-state index is 0.0691. The van der Waals surface area contributed by atoms with E-state index >= 15 is 0 Å². The summed E-state index contributed by atoms with van der Waals surface area (Å²) in [6, 6.07) is 7.93. The van der Waals surface area contributed by atoms with E-state index in [1.165, 1.54) is 0 Å². The fraction of sp³-hybridized carbons (Fsp3) is 0.400. The second-order valence-corrected chi connectivity index (χ2v) is 6.16. The second-order valence-electron chi connectivity index (χ2n) is 5.75. The molecule has 2 aromatic rings. The average molecular weight is 278 g/mol. The van der Waals surface area contributed by atoms with Gasteiger partial charge in [0.25, 0.3) is 0 Å². The van der Waals surface area contributed by atoms with Crippen LogP contribution >= 0.6 is 11.6 Å². The first kappa shape index (κ1) is 14.1. The SMILES string of the molecule is Cc1ccn(-c2c(Cl)cccc2CNC(C)(C)C)n1. The first-order valence-electron chi connectivity index (χ1n) is 6.42. The smallest absolute Gasteiger partial charge is 0.0876 e. The van der Waals surface area contributed by atoms with Gasteiger partial charge in [-0.2, -0.15) is 5.10 Å². The molecule has 0 saturated carbocycles. The van der Waals surface area contributed by atoms with E-state index in [0.717, 1.165) is 28.5 Å². The highest BCUT2D eigenvalue weighted by atomic mass is 35.5. The minimum atomic E-state index is 0.0691. The molecule has 1 heterocycles. The van der Waals surface area contributed by atoms with Crippen LogP contribution in [0, 0.1) is 6.92 Å². The van der Waals surface area contributed by atoms with Crippen molar-refractivity contribution in [2.45, 2.75) is 39.8 Å². The Bertz CT molecular complexity index is 567. The Morgan fingerprint density at radius 1 is 1.26 bits per heavy atom. The summed E-state index contributed by atoms with van der Waals surface area (Å²) in [7, 11) is 0. The molecular formula is C15H20ClN3. The Morgan fingerprint density at radius 3 is 2.58 bits per heavy atom. The van der Waals surface area contributed by atoms with Crippen LogP contribution in [-0.4, -0.2) is 15.3 Å². The monoisotopic (exact) mass is 277 g/mol. The molecule has 0 aliphatic rings. The molecule has 102 valence electrons. The molecule has 0 amide bonds. The van der Waals surface area contributed by atoms with Gasteiger partial charge in [-0.1, -0.05) is 23.7 Å². The summed E-state index contributed by atoms with van der Waals surface area (Å²) in [5.41, 5.74) is 3.15. The zero-order chi connectivity index (χ0) is 14.0. The maximum absolute atomic E-state index is 6.33. The van der Waals surface area contributed by atoms with E-state index in [9.17, 15) is 0 Å². The number of aromatic nitrogens is 2. The van der Waals surface area contributed by atoms with Gasteiger partial charge in [0.1, 0.15) is 0 Å². The molecule has 0 spiro atoms. The van der Waals surface area contributed by atoms with Gasteiger partial charge >= 0.3 is 0 Å². The fourth-order valence-corrected chi connectivity index (χ4v) is 2.14. The molecule has 1 N–H and O–H groups in total. The molecule has 0 aliphatic heterocycles. The van der Waals surface area contributed by atoms with Crippen LogP contribution in [-0.2, 0) is 6.54 Å². The Balaban J connectivity index is 2.36. The van der Waals surface area contributed by atoms with Gasteiger partial charge in [-0.05, 0) is 45.4 Å². The average Bonchev–Trinajstić information content (AvgIpc) is 2.72. The summed E-state index contributed by atoms with van der Waals surface area (Å²) in [6.07, 6.45) is 1.94. The predicted octanol–water partition coefficient (Wildman–Crippen LogP) is 3.72. The highest BCUT2D eigenvalue weighted by Gasteiger charge is 2.13. The number of nitrogens with one attached hydrogen (secondary N) is 1. The number of para-hydroxylation sites is 1. The van der Waals surface area contributed by atoms with Gasteiger partial charge in [0, 0.05) is 18.3 Å². The van der Waals surface area contributed by atoms with Crippen LogP contribution in [0.5, 0.6) is 0 Å². The van der Waals surface area contributed by atoms with Crippen molar-refractivity contribution < 1.29 is 0 Å². The molecule has 3 nitrogen and oxygen atoms in total. The van der Waals surface area contributed by atoms with E-state index in [1.807, 2.05) is 36.0 Å². The van der Waals surface area contributed by atoms with Crippen LogP contribution in [0.15, 0.2) is 30.5 Å². The molecule has 0 atom stereocenters. The summed E-state index contributed by atoms with van der Waals surface area (Å²) < 4.78 is 1.84. The summed E-state index contributed by atoms with van der Waals surface area (Å²) >= 11 is 6.33. The van der Waals surface area contributed by atoms with Crippen molar-refractivity contribution in [2.75, 3.05) is 0 Å². The third-order valence-corrected chi connectivity index (χ3v) is 3.14. The van der Waals surface area contributed by atoms with Gasteiger partial charge in [-0.3, -0.25) is 0 Å². The lowest BCUT2D eigenvalue weighted by Crippen LogP contribution is -2.35. The van der Waals surface area contributed by atoms with E-state index in [0.29, 0.717) is 0 Å². The summed E-state index contributed by atoms with van der Waals surface area (Å²) in [5.74, 6) is 0. The van der Waals surface area contributed by atoms with Crippen LogP contribution in [0.4, 0.5) is 0 Å². The number of nitrogens with zero attached hydrogens (tertiary/aromatic N) is 2. The van der Waals surface area contributed by atoms with E-state index in [-0.39, 0.29) is 5.54 Å². The Morgan fingerprint density at radius 2 is 2.00 bits per heavy atom. The van der Waals surface area contributed by atoms with Crippen molar-refractivity contribution in [1.82, 2.24) is 15.1 Å². The highest BCUT2D eigenvalue weighted by molar-refractivity contribution is 6.32. The van der Waals surface area contributed by atoms with Gasteiger partial charge in [0.05, 0.1) is 16.4 Å². The number of halogens is 1. The van der Waals surface area contributed by atoms with Crippen molar-refractivity contribution in [2.24, 2.45) is 0 Å². The molecule has 1 aromatic carbocycles. The molecule has 2 rings (SSSR count). The van der Waals surface area contributed by atoms with Gasteiger partial charge in [0.15, 0.2) is 0 Å². The minimum Gasteiger partial charge on any atom is -0.308 e. The largest absolute Gasteiger partial charge is 0.308 e. The summed E-state index contributed by atoms with van der Waals surface area (Å²) in [5, 5.41) is 8.65. The van der Waals surface area contributed by atoms with Crippen LogP contribution < -0.4 is 5.32 Å². The first-order chi connectivity index (χ1) is 8.87. The molecule has 0 radical (unpaired) electrons. The molecule has 0 unspecified atom stereocenters. The van der Waals surface area contributed by atoms with Gasteiger partial charge in [-0.25, -0.2) is 4.68 Å². The summed E-state index contributed by atoms with van der Waals surface area (Å²) in [6.45, 7) is 9.18. The van der Waals surface area contributed by atoms with E-state index < -0.39 is 0 Å². The lowest BCUT2D eigenvalue weighted by atomic mass is 10.1. The van der Waals surface area contributed by atoms with E-state index in [2.05, 4.69) is 37.3 Å². The van der Waals surface area contributed by atoms with Gasteiger partial charge in [-0.15, -0.1) is 0 Å². The number of hydrogen-bond acceptors (Lipinski definition) is 2. The molecule has 0 fully saturated rings. The van der Waals surface area contributed by atoms with Crippen LogP contribution in [0.3, 0.4) is 0 Å². The molecular weight excluding hydrogens is 258 g/mol. The van der Waals surface area contributed by atoms with Gasteiger partial charge in [0.2, 0.25) is 0 Å². The number of rotatable bonds is 3. The maximum atomic E-state index is 6.33. The lowest BCUT2D eigenvalue weighted by molar-refractivity contribution is 0.424. The molecule has 4 heteroatoms. The topological polar surface area (TPSA) is 29.9 Å². The van der Waals surface area contributed by atoms with Crippen molar-refractivity contribution in [3.05, 3.63) is 46.7 Å². The van der Waals surface area contributed by atoms with Crippen molar-refractivity contribution in [3.63, 3.8) is 0 Å². The molecule has 0 saturated heterocycles. The van der Waals surface area contributed by atoms with Crippen molar-refractivity contribution >= 4 is 11.6 Å². The third kappa shape index (κ3) is 3.58. The summed E-state index contributed by atoms with van der Waals surface area (Å²) in [4.78, 5) is 0. The zero-order valence-electron chi connectivity index (χ0n) is 11.9. The van der Waals surface area contributed by atoms with Crippen LogP contribution in [0.2, 0.25) is 5.02 Å². The Kier molecular flexibility index (Phi) is 3.97. The second kappa shape index (κ2) is 5.35. The number of hydrogen-bond donors (Lipinski definition) is 1. The Hall–Kier alpha value is -1.32. The molecule has 1 aromatic heterocycles. The Labute approximate surface area is 119 Å². The fourth-order valence-electron chi connectivity index (χ4n) is 1.86. The predicted molar refractivity (Wildman–Crippen MR) is 79.9 cm³/mol. The van der Waals surface area contributed by atoms with E-state index in [1.54, 1.807) is 0 Å². The number of benzene rings is 1. The highest BCUT2D eigenvalue weighted by Crippen LogP contribution is 2.24. The van der Waals surface area contributed by atoms with E-state index in [4.69, 9.17) is 11.6 Å². The maximum Gasteiger partial charge on any atom is 0.0876 e. The van der Waals surface area contributed by atoms with Gasteiger partial charge < -0.3 is 5.32 Å². The zero-order valence-corrected chi connectivity index (χ0v) is 12.6. The number of aryl methyl sites for hydroxylation is 1. The van der Waals surface area contributed by atoms with Crippen molar-refractivity contribution in [1.29, 1.82) is 0 Å². The third-order valence-electron chi connectivity index (χ3n) is 2.83. The molecule has 19 heavy (non-hydrogen) atoms. The van der Waals surface area contributed by atoms with Crippen LogP contribution in [0.1, 0.15) is 32.0 Å². The lowest BCUT2D eigenvalue weighted by Gasteiger charge is -2.22. The normalized spacial score (nSPS) is 11.8. The quantitative estimate of drug-likeness (QED) is 0.927. The first-order valence-corrected chi connectivity index (χ1v) is 6.80. The molecule has 0 bridgehead atoms. The molecule has 0 aliphatic carbocycles.